The maximum atomic E-state index is 11.8. The second-order valence-corrected chi connectivity index (χ2v) is 6.05. The van der Waals surface area contributed by atoms with Crippen molar-refractivity contribution in [2.75, 3.05) is 25.0 Å². The normalized spacial score (nSPS) is 15.7. The highest BCUT2D eigenvalue weighted by atomic mass is 16.4. The fourth-order valence-electron chi connectivity index (χ4n) is 1.97. The van der Waals surface area contributed by atoms with E-state index in [1.54, 1.807) is 0 Å². The Morgan fingerprint density at radius 3 is 2.65 bits per heavy atom. The largest absolute Gasteiger partial charge is 0.407 e. The number of anilines is 1. The van der Waals surface area contributed by atoms with Gasteiger partial charge in [-0.3, -0.25) is 4.79 Å². The summed E-state index contributed by atoms with van der Waals surface area (Å²) in [7, 11) is 0. The van der Waals surface area contributed by atoms with Crippen LogP contribution in [0.2, 0.25) is 0 Å². The molecule has 2 N–H and O–H groups in total. The predicted molar refractivity (Wildman–Crippen MR) is 75.2 cm³/mol. The van der Waals surface area contributed by atoms with Crippen molar-refractivity contribution in [1.82, 2.24) is 20.4 Å². The highest BCUT2D eigenvalue weighted by Crippen LogP contribution is 2.09. The Bertz CT molecular complexity index is 446. The number of likely N-dealkylation sites (tertiary alicyclic amines) is 1. The SMILES string of the molecule is CC(C)(C)NCc1nnc(NCC(=O)N2CCCC2)o1. The topological polar surface area (TPSA) is 83.3 Å². The summed E-state index contributed by atoms with van der Waals surface area (Å²) in [5.41, 5.74) is -0.00617. The highest BCUT2D eigenvalue weighted by Gasteiger charge is 2.18. The lowest BCUT2D eigenvalue weighted by Gasteiger charge is -2.18. The van der Waals surface area contributed by atoms with Crippen molar-refractivity contribution in [3.05, 3.63) is 5.89 Å². The molecule has 20 heavy (non-hydrogen) atoms. The molecule has 0 aliphatic carbocycles. The molecule has 0 unspecified atom stereocenters. The van der Waals surface area contributed by atoms with E-state index in [0.29, 0.717) is 18.5 Å². The molecule has 7 nitrogen and oxygen atoms in total. The van der Waals surface area contributed by atoms with Crippen molar-refractivity contribution in [1.29, 1.82) is 0 Å². The Labute approximate surface area is 119 Å². The number of rotatable bonds is 5. The maximum Gasteiger partial charge on any atom is 0.315 e. The first-order valence-corrected chi connectivity index (χ1v) is 7.03. The molecule has 2 heterocycles. The molecule has 1 aliphatic rings. The van der Waals surface area contributed by atoms with Crippen LogP contribution in [-0.4, -0.2) is 46.2 Å². The molecule has 1 fully saturated rings. The van der Waals surface area contributed by atoms with Gasteiger partial charge >= 0.3 is 6.01 Å². The average molecular weight is 281 g/mol. The van der Waals surface area contributed by atoms with Gasteiger partial charge in [0.05, 0.1) is 13.1 Å². The second kappa shape index (κ2) is 6.21. The molecular weight excluding hydrogens is 258 g/mol. The Kier molecular flexibility index (Phi) is 4.59. The van der Waals surface area contributed by atoms with Gasteiger partial charge in [0, 0.05) is 18.6 Å². The van der Waals surface area contributed by atoms with Crippen LogP contribution >= 0.6 is 0 Å². The molecule has 2 rings (SSSR count). The molecule has 112 valence electrons. The third kappa shape index (κ3) is 4.48. The molecule has 0 radical (unpaired) electrons. The van der Waals surface area contributed by atoms with Gasteiger partial charge in [-0.15, -0.1) is 5.10 Å². The molecule has 1 saturated heterocycles. The van der Waals surface area contributed by atoms with E-state index in [4.69, 9.17) is 4.42 Å². The first kappa shape index (κ1) is 14.8. The minimum atomic E-state index is -0.00617. The number of carbonyl (C=O) groups excluding carboxylic acids is 1. The molecule has 0 aromatic carbocycles. The summed E-state index contributed by atoms with van der Waals surface area (Å²) in [6.45, 7) is 8.62. The summed E-state index contributed by atoms with van der Waals surface area (Å²) in [6.07, 6.45) is 2.18. The van der Waals surface area contributed by atoms with Crippen LogP contribution in [0.4, 0.5) is 6.01 Å². The lowest BCUT2D eigenvalue weighted by atomic mass is 10.1. The third-order valence-electron chi connectivity index (χ3n) is 3.09. The number of aromatic nitrogens is 2. The summed E-state index contributed by atoms with van der Waals surface area (Å²) in [5, 5.41) is 13.9. The van der Waals surface area contributed by atoms with E-state index in [9.17, 15) is 4.79 Å². The molecule has 1 amide bonds. The Morgan fingerprint density at radius 2 is 2.00 bits per heavy atom. The molecule has 0 spiro atoms. The van der Waals surface area contributed by atoms with Gasteiger partial charge < -0.3 is 20.0 Å². The predicted octanol–water partition coefficient (Wildman–Crippen LogP) is 0.992. The van der Waals surface area contributed by atoms with Crippen molar-refractivity contribution in [3.63, 3.8) is 0 Å². The van der Waals surface area contributed by atoms with Gasteiger partial charge in [-0.1, -0.05) is 5.10 Å². The summed E-state index contributed by atoms with van der Waals surface area (Å²) in [4.78, 5) is 13.7. The first-order chi connectivity index (χ1) is 9.44. The van der Waals surface area contributed by atoms with Crippen LogP contribution in [0.15, 0.2) is 4.42 Å². The van der Waals surface area contributed by atoms with Crippen LogP contribution in [0.3, 0.4) is 0 Å². The molecule has 1 aromatic heterocycles. The second-order valence-electron chi connectivity index (χ2n) is 6.05. The van der Waals surface area contributed by atoms with Crippen LogP contribution in [0.25, 0.3) is 0 Å². The van der Waals surface area contributed by atoms with Gasteiger partial charge in [0.15, 0.2) is 0 Å². The van der Waals surface area contributed by atoms with E-state index < -0.39 is 0 Å². The summed E-state index contributed by atoms with van der Waals surface area (Å²) in [5.74, 6) is 0.589. The summed E-state index contributed by atoms with van der Waals surface area (Å²) in [6, 6.07) is 0.295. The molecule has 0 bridgehead atoms. The fourth-order valence-corrected chi connectivity index (χ4v) is 1.97. The third-order valence-corrected chi connectivity index (χ3v) is 3.09. The van der Waals surface area contributed by atoms with Crippen molar-refractivity contribution < 1.29 is 9.21 Å². The standard InChI is InChI=1S/C13H23N5O2/c1-13(2,3)15-8-10-16-17-12(20-10)14-9-11(19)18-6-4-5-7-18/h15H,4-9H2,1-3H3,(H,14,17). The zero-order valence-corrected chi connectivity index (χ0v) is 12.4. The minimum Gasteiger partial charge on any atom is -0.407 e. The Morgan fingerprint density at radius 1 is 1.30 bits per heavy atom. The monoisotopic (exact) mass is 281 g/mol. The van der Waals surface area contributed by atoms with E-state index in [2.05, 4.69) is 41.6 Å². The van der Waals surface area contributed by atoms with Crippen LogP contribution in [0, 0.1) is 0 Å². The van der Waals surface area contributed by atoms with Gasteiger partial charge in [-0.05, 0) is 33.6 Å². The number of hydrogen-bond donors (Lipinski definition) is 2. The molecule has 1 aliphatic heterocycles. The maximum absolute atomic E-state index is 11.8. The lowest BCUT2D eigenvalue weighted by Crippen LogP contribution is -2.35. The molecule has 0 atom stereocenters. The van der Waals surface area contributed by atoms with Gasteiger partial charge in [0.1, 0.15) is 0 Å². The van der Waals surface area contributed by atoms with Gasteiger partial charge in [0.25, 0.3) is 0 Å². The van der Waals surface area contributed by atoms with E-state index in [-0.39, 0.29) is 18.0 Å². The summed E-state index contributed by atoms with van der Waals surface area (Å²) < 4.78 is 5.43. The molecule has 1 aromatic rings. The van der Waals surface area contributed by atoms with Gasteiger partial charge in [0.2, 0.25) is 11.8 Å². The van der Waals surface area contributed by atoms with Crippen LogP contribution < -0.4 is 10.6 Å². The number of hydrogen-bond acceptors (Lipinski definition) is 6. The minimum absolute atomic E-state index is 0.00617. The van der Waals surface area contributed by atoms with Crippen molar-refractivity contribution in [2.45, 2.75) is 45.7 Å². The molecule has 7 heteroatoms. The smallest absolute Gasteiger partial charge is 0.315 e. The van der Waals surface area contributed by atoms with Crippen molar-refractivity contribution >= 4 is 11.9 Å². The quantitative estimate of drug-likeness (QED) is 0.837. The molecular formula is C13H23N5O2. The van der Waals surface area contributed by atoms with Crippen LogP contribution in [-0.2, 0) is 11.3 Å². The highest BCUT2D eigenvalue weighted by molar-refractivity contribution is 5.80. The summed E-state index contributed by atoms with van der Waals surface area (Å²) >= 11 is 0. The number of nitrogens with one attached hydrogen (secondary N) is 2. The Hall–Kier alpha value is -1.63. The zero-order valence-electron chi connectivity index (χ0n) is 12.4. The average Bonchev–Trinajstić information content (AvgIpc) is 3.04. The zero-order chi connectivity index (χ0) is 14.6. The van der Waals surface area contributed by atoms with Gasteiger partial charge in [-0.25, -0.2) is 0 Å². The van der Waals surface area contributed by atoms with Crippen LogP contribution in [0.5, 0.6) is 0 Å². The van der Waals surface area contributed by atoms with Crippen LogP contribution in [0.1, 0.15) is 39.5 Å². The van der Waals surface area contributed by atoms with E-state index in [1.807, 2.05) is 4.90 Å². The lowest BCUT2D eigenvalue weighted by molar-refractivity contribution is -0.128. The van der Waals surface area contributed by atoms with Crippen molar-refractivity contribution in [3.8, 4) is 0 Å². The fraction of sp³-hybridized carbons (Fsp3) is 0.769. The molecule has 0 saturated carbocycles. The van der Waals surface area contributed by atoms with E-state index in [1.165, 1.54) is 0 Å². The first-order valence-electron chi connectivity index (χ1n) is 7.03. The van der Waals surface area contributed by atoms with Gasteiger partial charge in [-0.2, -0.15) is 0 Å². The van der Waals surface area contributed by atoms with E-state index in [0.717, 1.165) is 25.9 Å². The van der Waals surface area contributed by atoms with Crippen molar-refractivity contribution in [2.24, 2.45) is 0 Å². The number of carbonyl (C=O) groups is 1. The number of nitrogens with zero attached hydrogens (tertiary/aromatic N) is 3. The Balaban J connectivity index is 1.76. The number of amides is 1. The van der Waals surface area contributed by atoms with E-state index >= 15 is 0 Å².